The van der Waals surface area contributed by atoms with Gasteiger partial charge in [0.25, 0.3) is 0 Å². The third-order valence-electron chi connectivity index (χ3n) is 3.52. The normalized spacial score (nSPS) is 13.7. The Balaban J connectivity index is 2.83. The molecule has 1 unspecified atom stereocenters. The molecule has 0 spiro atoms. The minimum Gasteiger partial charge on any atom is -0.391 e. The average Bonchev–Trinajstić information content (AvgIpc) is 2.40. The van der Waals surface area contributed by atoms with E-state index in [1.807, 2.05) is 13.8 Å². The molecule has 1 aromatic rings. The van der Waals surface area contributed by atoms with Crippen LogP contribution in [-0.4, -0.2) is 26.2 Å². The molecular formula is C14H22FNO3S. The Morgan fingerprint density at radius 1 is 1.30 bits per heavy atom. The van der Waals surface area contributed by atoms with Gasteiger partial charge in [0, 0.05) is 6.54 Å². The summed E-state index contributed by atoms with van der Waals surface area (Å²) in [5.74, 6) is -0.553. The summed E-state index contributed by atoms with van der Waals surface area (Å²) in [6, 6.07) is 3.62. The van der Waals surface area contributed by atoms with Crippen molar-refractivity contribution in [2.24, 2.45) is 5.92 Å². The SMILES string of the molecule is CCC(CC)C(O)CNS(=O)(=O)c1cc(F)ccc1C. The predicted octanol–water partition coefficient (Wildman–Crippen LogP) is 2.21. The number of nitrogens with one attached hydrogen (secondary N) is 1. The highest BCUT2D eigenvalue weighted by Gasteiger charge is 2.21. The number of sulfonamides is 1. The number of hydrogen-bond acceptors (Lipinski definition) is 3. The fraction of sp³-hybridized carbons (Fsp3) is 0.571. The molecule has 0 amide bonds. The Kier molecular flexibility index (Phi) is 6.10. The lowest BCUT2D eigenvalue weighted by atomic mass is 9.97. The first-order chi connectivity index (χ1) is 9.31. The lowest BCUT2D eigenvalue weighted by molar-refractivity contribution is 0.107. The molecule has 0 saturated carbocycles. The number of hydrogen-bond donors (Lipinski definition) is 2. The lowest BCUT2D eigenvalue weighted by Crippen LogP contribution is -2.36. The second kappa shape index (κ2) is 7.15. The third kappa shape index (κ3) is 4.26. The van der Waals surface area contributed by atoms with E-state index in [0.29, 0.717) is 5.56 Å². The zero-order chi connectivity index (χ0) is 15.3. The third-order valence-corrected chi connectivity index (χ3v) is 5.08. The van der Waals surface area contributed by atoms with Crippen molar-refractivity contribution in [2.45, 2.75) is 44.6 Å². The van der Waals surface area contributed by atoms with Crippen molar-refractivity contribution in [2.75, 3.05) is 6.54 Å². The quantitative estimate of drug-likeness (QED) is 0.811. The van der Waals surface area contributed by atoms with Crippen LogP contribution in [0.5, 0.6) is 0 Å². The van der Waals surface area contributed by atoms with Gasteiger partial charge in [-0.05, 0) is 30.5 Å². The van der Waals surface area contributed by atoms with Crippen molar-refractivity contribution < 1.29 is 17.9 Å². The molecule has 20 heavy (non-hydrogen) atoms. The molecular weight excluding hydrogens is 281 g/mol. The second-order valence-corrected chi connectivity index (χ2v) is 6.64. The van der Waals surface area contributed by atoms with Crippen molar-refractivity contribution in [3.8, 4) is 0 Å². The molecule has 2 N–H and O–H groups in total. The van der Waals surface area contributed by atoms with Gasteiger partial charge in [0.05, 0.1) is 11.0 Å². The van der Waals surface area contributed by atoms with Gasteiger partial charge in [0.15, 0.2) is 0 Å². The standard InChI is InChI=1S/C14H22FNO3S/c1-4-11(5-2)13(17)9-16-20(18,19)14-8-12(15)7-6-10(14)3/h6-8,11,13,16-17H,4-5,9H2,1-3H3. The summed E-state index contributed by atoms with van der Waals surface area (Å²) >= 11 is 0. The summed E-state index contributed by atoms with van der Waals surface area (Å²) in [6.45, 7) is 5.43. The smallest absolute Gasteiger partial charge is 0.241 e. The van der Waals surface area contributed by atoms with Gasteiger partial charge in [-0.2, -0.15) is 0 Å². The van der Waals surface area contributed by atoms with Crippen LogP contribution < -0.4 is 4.72 Å². The maximum atomic E-state index is 13.2. The topological polar surface area (TPSA) is 66.4 Å². The molecule has 1 atom stereocenters. The van der Waals surface area contributed by atoms with Crippen LogP contribution in [0.3, 0.4) is 0 Å². The lowest BCUT2D eigenvalue weighted by Gasteiger charge is -2.20. The number of rotatable bonds is 7. The largest absolute Gasteiger partial charge is 0.391 e. The number of benzene rings is 1. The molecule has 0 aliphatic carbocycles. The van der Waals surface area contributed by atoms with E-state index in [1.54, 1.807) is 6.92 Å². The van der Waals surface area contributed by atoms with Gasteiger partial charge in [-0.25, -0.2) is 17.5 Å². The molecule has 4 nitrogen and oxygen atoms in total. The van der Waals surface area contributed by atoms with Crippen LogP contribution in [0.2, 0.25) is 0 Å². The van der Waals surface area contributed by atoms with Crippen LogP contribution >= 0.6 is 0 Å². The van der Waals surface area contributed by atoms with E-state index >= 15 is 0 Å². The molecule has 0 saturated heterocycles. The zero-order valence-electron chi connectivity index (χ0n) is 12.1. The molecule has 0 fully saturated rings. The Labute approximate surface area is 120 Å². The van der Waals surface area contributed by atoms with E-state index in [4.69, 9.17) is 0 Å². The Bertz CT molecular complexity index is 541. The molecule has 0 aromatic heterocycles. The van der Waals surface area contributed by atoms with Crippen LogP contribution in [0.4, 0.5) is 4.39 Å². The van der Waals surface area contributed by atoms with Crippen LogP contribution in [0.15, 0.2) is 23.1 Å². The van der Waals surface area contributed by atoms with Crippen molar-refractivity contribution in [3.05, 3.63) is 29.6 Å². The summed E-state index contributed by atoms with van der Waals surface area (Å²) in [5.41, 5.74) is 0.468. The molecule has 0 aliphatic heterocycles. The number of halogens is 1. The highest BCUT2D eigenvalue weighted by molar-refractivity contribution is 7.89. The Morgan fingerprint density at radius 2 is 1.90 bits per heavy atom. The molecule has 1 rings (SSSR count). The minimum absolute atomic E-state index is 0.0475. The molecule has 114 valence electrons. The maximum Gasteiger partial charge on any atom is 0.241 e. The predicted molar refractivity (Wildman–Crippen MR) is 76.4 cm³/mol. The van der Waals surface area contributed by atoms with Crippen LogP contribution in [0, 0.1) is 18.7 Å². The summed E-state index contributed by atoms with van der Waals surface area (Å²) in [5, 5.41) is 9.94. The van der Waals surface area contributed by atoms with Gasteiger partial charge in [0.2, 0.25) is 10.0 Å². The van der Waals surface area contributed by atoms with Gasteiger partial charge in [0.1, 0.15) is 5.82 Å². The number of aliphatic hydroxyl groups is 1. The fourth-order valence-electron chi connectivity index (χ4n) is 2.14. The number of aliphatic hydroxyl groups excluding tert-OH is 1. The zero-order valence-corrected chi connectivity index (χ0v) is 12.9. The summed E-state index contributed by atoms with van der Waals surface area (Å²) in [7, 11) is -3.81. The van der Waals surface area contributed by atoms with Crippen LogP contribution in [-0.2, 0) is 10.0 Å². The van der Waals surface area contributed by atoms with Crippen molar-refractivity contribution >= 4 is 10.0 Å². The van der Waals surface area contributed by atoms with Gasteiger partial charge in [-0.1, -0.05) is 32.8 Å². The fourth-order valence-corrected chi connectivity index (χ4v) is 3.44. The molecule has 0 radical (unpaired) electrons. The molecule has 1 aromatic carbocycles. The molecule has 0 aliphatic rings. The first-order valence-corrected chi connectivity index (χ1v) is 8.24. The highest BCUT2D eigenvalue weighted by atomic mass is 32.2. The average molecular weight is 303 g/mol. The molecule has 0 heterocycles. The second-order valence-electron chi connectivity index (χ2n) is 4.91. The van der Waals surface area contributed by atoms with E-state index in [2.05, 4.69) is 4.72 Å². The van der Waals surface area contributed by atoms with Crippen molar-refractivity contribution in [1.29, 1.82) is 0 Å². The Morgan fingerprint density at radius 3 is 2.45 bits per heavy atom. The van der Waals surface area contributed by atoms with E-state index in [-0.39, 0.29) is 17.4 Å². The van der Waals surface area contributed by atoms with Crippen LogP contribution in [0.1, 0.15) is 32.3 Å². The van der Waals surface area contributed by atoms with Gasteiger partial charge >= 0.3 is 0 Å². The molecule has 0 bridgehead atoms. The van der Waals surface area contributed by atoms with Crippen LogP contribution in [0.25, 0.3) is 0 Å². The van der Waals surface area contributed by atoms with Gasteiger partial charge < -0.3 is 5.11 Å². The summed E-state index contributed by atoms with van der Waals surface area (Å²) < 4.78 is 39.8. The minimum atomic E-state index is -3.81. The Hall–Kier alpha value is -0.980. The van der Waals surface area contributed by atoms with E-state index in [9.17, 15) is 17.9 Å². The van der Waals surface area contributed by atoms with Crippen molar-refractivity contribution in [1.82, 2.24) is 4.72 Å². The monoisotopic (exact) mass is 303 g/mol. The first kappa shape index (κ1) is 17.1. The van der Waals surface area contributed by atoms with E-state index < -0.39 is 21.9 Å². The van der Waals surface area contributed by atoms with E-state index in [0.717, 1.165) is 18.9 Å². The number of aryl methyl sites for hydroxylation is 1. The summed E-state index contributed by atoms with van der Waals surface area (Å²) in [4.78, 5) is -0.0887. The van der Waals surface area contributed by atoms with Gasteiger partial charge in [-0.15, -0.1) is 0 Å². The summed E-state index contributed by atoms with van der Waals surface area (Å²) in [6.07, 6.45) is 0.810. The van der Waals surface area contributed by atoms with Gasteiger partial charge in [-0.3, -0.25) is 0 Å². The van der Waals surface area contributed by atoms with Crippen molar-refractivity contribution in [3.63, 3.8) is 0 Å². The van der Waals surface area contributed by atoms with E-state index in [1.165, 1.54) is 12.1 Å². The first-order valence-electron chi connectivity index (χ1n) is 6.75. The maximum absolute atomic E-state index is 13.2. The highest BCUT2D eigenvalue weighted by Crippen LogP contribution is 2.17. The molecule has 6 heteroatoms.